The van der Waals surface area contributed by atoms with Gasteiger partial charge in [-0.05, 0) is 25.1 Å². The van der Waals surface area contributed by atoms with Crippen LogP contribution >= 0.6 is 0 Å². The van der Waals surface area contributed by atoms with Gasteiger partial charge in [-0.2, -0.15) is 0 Å². The van der Waals surface area contributed by atoms with E-state index in [0.29, 0.717) is 5.75 Å². The molecular formula is C16H17NO3. The van der Waals surface area contributed by atoms with Gasteiger partial charge in [0.1, 0.15) is 11.9 Å². The Morgan fingerprint density at radius 2 is 1.95 bits per heavy atom. The summed E-state index contributed by atoms with van der Waals surface area (Å²) in [4.78, 5) is 15.7. The van der Waals surface area contributed by atoms with E-state index in [2.05, 4.69) is 4.98 Å². The van der Waals surface area contributed by atoms with Crippen LogP contribution in [0.25, 0.3) is 0 Å². The van der Waals surface area contributed by atoms with Crippen molar-refractivity contribution in [2.45, 2.75) is 19.4 Å². The first-order valence-electron chi connectivity index (χ1n) is 6.43. The van der Waals surface area contributed by atoms with E-state index in [0.717, 1.165) is 11.3 Å². The van der Waals surface area contributed by atoms with E-state index in [9.17, 15) is 4.79 Å². The lowest BCUT2D eigenvalue weighted by Gasteiger charge is -2.16. The van der Waals surface area contributed by atoms with Crippen molar-refractivity contribution in [3.8, 4) is 5.75 Å². The highest BCUT2D eigenvalue weighted by atomic mass is 16.5. The zero-order valence-electron chi connectivity index (χ0n) is 11.6. The number of benzene rings is 1. The summed E-state index contributed by atoms with van der Waals surface area (Å²) in [6.07, 6.45) is 1.74. The van der Waals surface area contributed by atoms with Gasteiger partial charge in [0.15, 0.2) is 0 Å². The second-order valence-corrected chi connectivity index (χ2v) is 4.38. The zero-order chi connectivity index (χ0) is 14.4. The topological polar surface area (TPSA) is 48.4 Å². The van der Waals surface area contributed by atoms with Crippen LogP contribution in [0.3, 0.4) is 0 Å². The third-order valence-corrected chi connectivity index (χ3v) is 2.94. The van der Waals surface area contributed by atoms with E-state index < -0.39 is 0 Å². The molecule has 0 aliphatic carbocycles. The van der Waals surface area contributed by atoms with Gasteiger partial charge in [-0.15, -0.1) is 0 Å². The van der Waals surface area contributed by atoms with Crippen molar-refractivity contribution in [1.82, 2.24) is 4.98 Å². The average Bonchev–Trinajstić information content (AvgIpc) is 2.50. The van der Waals surface area contributed by atoms with E-state index in [4.69, 9.17) is 9.47 Å². The number of hydrogen-bond donors (Lipinski definition) is 0. The predicted molar refractivity (Wildman–Crippen MR) is 75.4 cm³/mol. The first-order chi connectivity index (χ1) is 9.70. The third-order valence-electron chi connectivity index (χ3n) is 2.94. The summed E-state index contributed by atoms with van der Waals surface area (Å²) in [5.41, 5.74) is 1.66. The van der Waals surface area contributed by atoms with Gasteiger partial charge in [-0.1, -0.05) is 24.3 Å². The molecular weight excluding hydrogens is 254 g/mol. The molecule has 0 aliphatic heterocycles. The fourth-order valence-corrected chi connectivity index (χ4v) is 1.86. The summed E-state index contributed by atoms with van der Waals surface area (Å²) in [6, 6.07) is 13.1. The molecule has 0 amide bonds. The number of esters is 1. The number of nitrogens with zero attached hydrogens (tertiary/aromatic N) is 1. The molecule has 104 valence electrons. The Hall–Kier alpha value is -2.36. The molecule has 0 fully saturated rings. The van der Waals surface area contributed by atoms with E-state index in [1.807, 2.05) is 49.4 Å². The number of aromatic nitrogens is 1. The Morgan fingerprint density at radius 3 is 2.65 bits per heavy atom. The number of ether oxygens (including phenoxy) is 2. The molecule has 2 aromatic rings. The summed E-state index contributed by atoms with van der Waals surface area (Å²) in [5.74, 6) is 0.391. The first kappa shape index (κ1) is 14.1. The molecule has 1 heterocycles. The van der Waals surface area contributed by atoms with E-state index in [-0.39, 0.29) is 18.5 Å². The highest BCUT2D eigenvalue weighted by molar-refractivity contribution is 5.73. The lowest BCUT2D eigenvalue weighted by Crippen LogP contribution is -2.09. The van der Waals surface area contributed by atoms with Gasteiger partial charge in [-0.25, -0.2) is 0 Å². The van der Waals surface area contributed by atoms with Crippen molar-refractivity contribution in [2.24, 2.45) is 0 Å². The maximum Gasteiger partial charge on any atom is 0.310 e. The second kappa shape index (κ2) is 6.70. The zero-order valence-corrected chi connectivity index (χ0v) is 11.6. The lowest BCUT2D eigenvalue weighted by molar-refractivity contribution is -0.139. The predicted octanol–water partition coefficient (Wildman–Crippen LogP) is 2.94. The number of pyridine rings is 1. The summed E-state index contributed by atoms with van der Waals surface area (Å²) in [6.45, 7) is 1.93. The molecule has 0 N–H and O–H groups in total. The number of para-hydroxylation sites is 1. The fraction of sp³-hybridized carbons (Fsp3) is 0.250. The molecule has 0 aliphatic rings. The largest absolute Gasteiger partial charge is 0.484 e. The Bertz CT molecular complexity index is 569. The quantitative estimate of drug-likeness (QED) is 0.784. The van der Waals surface area contributed by atoms with E-state index in [1.54, 1.807) is 6.20 Å². The van der Waals surface area contributed by atoms with E-state index >= 15 is 0 Å². The van der Waals surface area contributed by atoms with Crippen LogP contribution in [0.15, 0.2) is 48.7 Å². The normalized spacial score (nSPS) is 11.7. The van der Waals surface area contributed by atoms with Crippen molar-refractivity contribution in [3.05, 3.63) is 59.9 Å². The van der Waals surface area contributed by atoms with Crippen LogP contribution in [0.5, 0.6) is 5.75 Å². The molecule has 1 aromatic heterocycles. The van der Waals surface area contributed by atoms with E-state index in [1.165, 1.54) is 7.11 Å². The Morgan fingerprint density at radius 1 is 1.20 bits per heavy atom. The molecule has 20 heavy (non-hydrogen) atoms. The number of rotatable bonds is 5. The van der Waals surface area contributed by atoms with Crippen LogP contribution < -0.4 is 4.74 Å². The molecule has 4 heteroatoms. The van der Waals surface area contributed by atoms with Crippen molar-refractivity contribution in [3.63, 3.8) is 0 Å². The molecule has 0 bridgehead atoms. The maximum absolute atomic E-state index is 11.4. The first-order valence-corrected chi connectivity index (χ1v) is 6.43. The van der Waals surface area contributed by atoms with Crippen molar-refractivity contribution < 1.29 is 14.3 Å². The minimum absolute atomic E-state index is 0.185. The van der Waals surface area contributed by atoms with Gasteiger partial charge in [-0.3, -0.25) is 9.78 Å². The molecule has 0 spiro atoms. The van der Waals surface area contributed by atoms with Gasteiger partial charge >= 0.3 is 5.97 Å². The van der Waals surface area contributed by atoms with Gasteiger partial charge < -0.3 is 9.47 Å². The molecule has 1 aromatic carbocycles. The third kappa shape index (κ3) is 3.57. The molecule has 0 saturated heterocycles. The summed E-state index contributed by atoms with van der Waals surface area (Å²) in [5, 5.41) is 0. The van der Waals surface area contributed by atoms with Gasteiger partial charge in [0.25, 0.3) is 0 Å². The highest BCUT2D eigenvalue weighted by Crippen LogP contribution is 2.24. The second-order valence-electron chi connectivity index (χ2n) is 4.38. The van der Waals surface area contributed by atoms with Crippen molar-refractivity contribution >= 4 is 5.97 Å². The van der Waals surface area contributed by atoms with Crippen LogP contribution in [-0.2, 0) is 16.0 Å². The van der Waals surface area contributed by atoms with Crippen LogP contribution in [-0.4, -0.2) is 18.1 Å². The molecule has 1 unspecified atom stereocenters. The van der Waals surface area contributed by atoms with Gasteiger partial charge in [0, 0.05) is 11.8 Å². The summed E-state index contributed by atoms with van der Waals surface area (Å²) < 4.78 is 10.6. The minimum Gasteiger partial charge on any atom is -0.484 e. The van der Waals surface area contributed by atoms with Gasteiger partial charge in [0.2, 0.25) is 0 Å². The molecule has 2 rings (SSSR count). The number of methoxy groups -OCH3 is 1. The summed E-state index contributed by atoms with van der Waals surface area (Å²) >= 11 is 0. The Kier molecular flexibility index (Phi) is 4.71. The molecule has 0 saturated carbocycles. The minimum atomic E-state index is -0.286. The molecule has 1 atom stereocenters. The number of carbonyl (C=O) groups excluding carboxylic acids is 1. The lowest BCUT2D eigenvalue weighted by atomic mass is 10.1. The van der Waals surface area contributed by atoms with Crippen LogP contribution in [0, 0.1) is 0 Å². The number of carbonyl (C=O) groups is 1. The SMILES string of the molecule is COC(=O)Cc1ccccc1OC(C)c1ccccn1. The molecule has 4 nitrogen and oxygen atoms in total. The summed E-state index contributed by atoms with van der Waals surface area (Å²) in [7, 11) is 1.38. The maximum atomic E-state index is 11.4. The van der Waals surface area contributed by atoms with Crippen LogP contribution in [0.2, 0.25) is 0 Å². The average molecular weight is 271 g/mol. The van der Waals surface area contributed by atoms with Crippen molar-refractivity contribution in [2.75, 3.05) is 7.11 Å². The smallest absolute Gasteiger partial charge is 0.310 e. The standard InChI is InChI=1S/C16H17NO3/c1-12(14-8-5-6-10-17-14)20-15-9-4-3-7-13(15)11-16(18)19-2/h3-10,12H,11H2,1-2H3. The molecule has 0 radical (unpaired) electrons. The fourth-order valence-electron chi connectivity index (χ4n) is 1.86. The number of hydrogen-bond acceptors (Lipinski definition) is 4. The Labute approximate surface area is 118 Å². The highest BCUT2D eigenvalue weighted by Gasteiger charge is 2.13. The van der Waals surface area contributed by atoms with Gasteiger partial charge in [0.05, 0.1) is 19.2 Å². The van der Waals surface area contributed by atoms with Crippen LogP contribution in [0.4, 0.5) is 0 Å². The van der Waals surface area contributed by atoms with Crippen molar-refractivity contribution in [1.29, 1.82) is 0 Å². The Balaban J connectivity index is 2.15. The van der Waals surface area contributed by atoms with Crippen LogP contribution in [0.1, 0.15) is 24.3 Å². The monoisotopic (exact) mass is 271 g/mol.